The van der Waals surface area contributed by atoms with Gasteiger partial charge in [0.05, 0.1) is 10.4 Å². The molecule has 0 saturated heterocycles. The maximum absolute atomic E-state index is 14.3. The van der Waals surface area contributed by atoms with Crippen LogP contribution in [-0.2, 0) is 5.41 Å². The van der Waals surface area contributed by atoms with Gasteiger partial charge in [0.1, 0.15) is 5.82 Å². The molecule has 0 atom stereocenters. The van der Waals surface area contributed by atoms with Crippen molar-refractivity contribution in [3.63, 3.8) is 0 Å². The molecule has 210 valence electrons. The van der Waals surface area contributed by atoms with E-state index in [-0.39, 0.29) is 11.2 Å². The summed E-state index contributed by atoms with van der Waals surface area (Å²) in [7, 11) is 0. The van der Waals surface area contributed by atoms with E-state index in [0.29, 0.717) is 0 Å². The van der Waals surface area contributed by atoms with Crippen molar-refractivity contribution in [2.45, 2.75) is 19.3 Å². The van der Waals surface area contributed by atoms with Crippen molar-refractivity contribution in [2.24, 2.45) is 0 Å². The zero-order valence-electron chi connectivity index (χ0n) is 24.4. The highest BCUT2D eigenvalue weighted by Crippen LogP contribution is 2.52. The zero-order valence-corrected chi connectivity index (χ0v) is 25.3. The van der Waals surface area contributed by atoms with E-state index in [9.17, 15) is 4.39 Å². The number of halogens is 1. The summed E-state index contributed by atoms with van der Waals surface area (Å²) in [6, 6.07) is 46.6. The standard InChI is InChI=1S/C41H28FNS/c1-41(2)35-16-8-7-12-30(35)31-23-22-27(24-36(31)41)43(26-20-18-25(42)19-21-26)37-17-9-15-34-38-32-13-5-3-10-28(32)29-11-4-6-14-33(29)40(38)44-39(34)37/h3-24H,1-2H3. The molecule has 0 amide bonds. The number of benzene rings is 7. The summed E-state index contributed by atoms with van der Waals surface area (Å²) in [4.78, 5) is 2.31. The average molecular weight is 586 g/mol. The molecule has 0 spiro atoms. The number of hydrogen-bond acceptors (Lipinski definition) is 2. The quantitative estimate of drug-likeness (QED) is 0.186. The molecule has 0 fully saturated rings. The molecule has 3 heteroatoms. The molecular formula is C41H28FNS. The van der Waals surface area contributed by atoms with Crippen LogP contribution in [0.2, 0.25) is 0 Å². The van der Waals surface area contributed by atoms with Crippen molar-refractivity contribution in [3.8, 4) is 11.1 Å². The monoisotopic (exact) mass is 585 g/mol. The van der Waals surface area contributed by atoms with E-state index in [2.05, 4.69) is 128 Å². The Bertz CT molecular complexity index is 2430. The Labute approximate surface area is 259 Å². The van der Waals surface area contributed by atoms with E-state index in [0.717, 1.165) is 17.1 Å². The van der Waals surface area contributed by atoms with Crippen LogP contribution in [0.1, 0.15) is 25.0 Å². The Morgan fingerprint density at radius 3 is 1.93 bits per heavy atom. The van der Waals surface area contributed by atoms with Crippen molar-refractivity contribution in [3.05, 3.63) is 150 Å². The van der Waals surface area contributed by atoms with Gasteiger partial charge >= 0.3 is 0 Å². The van der Waals surface area contributed by atoms with Gasteiger partial charge in [0.2, 0.25) is 0 Å². The molecular weight excluding hydrogens is 558 g/mol. The van der Waals surface area contributed by atoms with Crippen molar-refractivity contribution < 1.29 is 4.39 Å². The van der Waals surface area contributed by atoms with E-state index in [1.54, 1.807) is 12.1 Å². The summed E-state index contributed by atoms with van der Waals surface area (Å²) in [6.07, 6.45) is 0. The van der Waals surface area contributed by atoms with Gasteiger partial charge in [0.25, 0.3) is 0 Å². The second-order valence-corrected chi connectivity index (χ2v) is 13.3. The van der Waals surface area contributed by atoms with Crippen LogP contribution in [0.15, 0.2) is 133 Å². The van der Waals surface area contributed by atoms with Gasteiger partial charge in [-0.3, -0.25) is 0 Å². The van der Waals surface area contributed by atoms with Gasteiger partial charge in [0, 0.05) is 37.6 Å². The first-order chi connectivity index (χ1) is 21.5. The summed E-state index contributed by atoms with van der Waals surface area (Å²) >= 11 is 1.85. The van der Waals surface area contributed by atoms with Gasteiger partial charge in [-0.2, -0.15) is 0 Å². The topological polar surface area (TPSA) is 3.24 Å². The number of thiophene rings is 1. The summed E-state index contributed by atoms with van der Waals surface area (Å²) in [6.45, 7) is 4.62. The molecule has 1 heterocycles. The van der Waals surface area contributed by atoms with Crippen LogP contribution in [0, 0.1) is 5.82 Å². The summed E-state index contributed by atoms with van der Waals surface area (Å²) in [5, 5.41) is 7.64. The van der Waals surface area contributed by atoms with Gasteiger partial charge in [-0.15, -0.1) is 11.3 Å². The van der Waals surface area contributed by atoms with Crippen LogP contribution in [-0.4, -0.2) is 0 Å². The van der Waals surface area contributed by atoms with E-state index < -0.39 is 0 Å². The highest BCUT2D eigenvalue weighted by atomic mass is 32.1. The van der Waals surface area contributed by atoms with Gasteiger partial charge in [-0.05, 0) is 80.9 Å². The average Bonchev–Trinajstić information content (AvgIpc) is 3.56. The zero-order chi connectivity index (χ0) is 29.6. The third kappa shape index (κ3) is 3.51. The van der Waals surface area contributed by atoms with Crippen LogP contribution in [0.5, 0.6) is 0 Å². The molecule has 8 aromatic rings. The molecule has 0 aliphatic heterocycles. The molecule has 1 aromatic heterocycles. The van der Waals surface area contributed by atoms with E-state index in [1.807, 2.05) is 23.5 Å². The fourth-order valence-corrected chi connectivity index (χ4v) is 8.80. The predicted molar refractivity (Wildman–Crippen MR) is 187 cm³/mol. The minimum atomic E-state index is -0.239. The van der Waals surface area contributed by atoms with Crippen molar-refractivity contribution >= 4 is 70.1 Å². The highest BCUT2D eigenvalue weighted by Gasteiger charge is 2.36. The second kappa shape index (κ2) is 9.25. The Balaban J connectivity index is 1.35. The maximum Gasteiger partial charge on any atom is 0.123 e. The smallest absolute Gasteiger partial charge is 0.123 e. The molecule has 0 radical (unpaired) electrons. The third-order valence-corrected chi connectivity index (χ3v) is 10.8. The number of hydrogen-bond donors (Lipinski definition) is 0. The molecule has 1 aliphatic rings. The first-order valence-electron chi connectivity index (χ1n) is 15.1. The van der Waals surface area contributed by atoms with Crippen molar-refractivity contribution in [2.75, 3.05) is 4.90 Å². The lowest BCUT2D eigenvalue weighted by atomic mass is 9.82. The second-order valence-electron chi connectivity index (χ2n) is 12.3. The van der Waals surface area contributed by atoms with E-state index in [1.165, 1.54) is 64.0 Å². The largest absolute Gasteiger partial charge is 0.309 e. The van der Waals surface area contributed by atoms with Crippen molar-refractivity contribution in [1.29, 1.82) is 0 Å². The Kier molecular flexibility index (Phi) is 5.36. The van der Waals surface area contributed by atoms with E-state index in [4.69, 9.17) is 0 Å². The fraction of sp³-hybridized carbons (Fsp3) is 0.0732. The fourth-order valence-electron chi connectivity index (χ4n) is 7.44. The maximum atomic E-state index is 14.3. The lowest BCUT2D eigenvalue weighted by molar-refractivity contribution is 0.628. The normalized spacial score (nSPS) is 13.5. The molecule has 0 N–H and O–H groups in total. The number of anilines is 3. The van der Waals surface area contributed by atoms with Crippen molar-refractivity contribution in [1.82, 2.24) is 0 Å². The van der Waals surface area contributed by atoms with E-state index >= 15 is 0 Å². The predicted octanol–water partition coefficient (Wildman–Crippen LogP) is 12.3. The summed E-state index contributed by atoms with van der Waals surface area (Å²) in [5.74, 6) is -0.239. The molecule has 0 bridgehead atoms. The van der Waals surface area contributed by atoms with Crippen LogP contribution >= 0.6 is 11.3 Å². The lowest BCUT2D eigenvalue weighted by Gasteiger charge is -2.28. The first kappa shape index (κ1) is 25.5. The molecule has 0 saturated carbocycles. The van der Waals surface area contributed by atoms with Crippen LogP contribution in [0.25, 0.3) is 52.8 Å². The molecule has 1 aliphatic carbocycles. The molecule has 7 aromatic carbocycles. The lowest BCUT2D eigenvalue weighted by Crippen LogP contribution is -2.16. The first-order valence-corrected chi connectivity index (χ1v) is 15.9. The van der Waals surface area contributed by atoms with Crippen LogP contribution in [0.4, 0.5) is 21.5 Å². The van der Waals surface area contributed by atoms with Crippen LogP contribution in [0.3, 0.4) is 0 Å². The Morgan fingerprint density at radius 2 is 1.14 bits per heavy atom. The van der Waals surface area contributed by atoms with Gasteiger partial charge in [-0.1, -0.05) is 105 Å². The Hall–Kier alpha value is -4.99. The van der Waals surface area contributed by atoms with Gasteiger partial charge in [-0.25, -0.2) is 4.39 Å². The molecule has 9 rings (SSSR count). The summed E-state index contributed by atoms with van der Waals surface area (Å²) in [5.41, 5.74) is 8.21. The molecule has 44 heavy (non-hydrogen) atoms. The minimum absolute atomic E-state index is 0.127. The highest BCUT2D eigenvalue weighted by molar-refractivity contribution is 7.27. The van der Waals surface area contributed by atoms with Crippen LogP contribution < -0.4 is 4.90 Å². The van der Waals surface area contributed by atoms with Gasteiger partial charge < -0.3 is 4.90 Å². The minimum Gasteiger partial charge on any atom is -0.309 e. The molecule has 1 nitrogen and oxygen atoms in total. The number of nitrogens with zero attached hydrogens (tertiary/aromatic N) is 1. The SMILES string of the molecule is CC1(C)c2ccccc2-c2ccc(N(c3ccc(F)cc3)c3cccc4c3sc3c5ccccc5c5ccccc5c43)cc21. The van der Waals surface area contributed by atoms with Gasteiger partial charge in [0.15, 0.2) is 0 Å². The third-order valence-electron chi connectivity index (χ3n) is 9.50. The molecule has 0 unspecified atom stereocenters. The summed E-state index contributed by atoms with van der Waals surface area (Å²) < 4.78 is 16.8. The Morgan fingerprint density at radius 1 is 0.523 bits per heavy atom. The number of fused-ring (bicyclic) bond motifs is 11. The number of rotatable bonds is 3.